The molecule has 2 aliphatic heterocycles. The number of amides is 2. The van der Waals surface area contributed by atoms with Crippen LogP contribution in [-0.2, 0) is 14.3 Å². The van der Waals surface area contributed by atoms with Crippen LogP contribution >= 0.6 is 11.3 Å². The summed E-state index contributed by atoms with van der Waals surface area (Å²) >= 11 is 1.46. The second kappa shape index (κ2) is 8.10. The maximum Gasteiger partial charge on any atom is 0.252 e. The maximum absolute atomic E-state index is 13.4. The van der Waals surface area contributed by atoms with Crippen molar-refractivity contribution >= 4 is 28.9 Å². The lowest BCUT2D eigenvalue weighted by Crippen LogP contribution is -2.58. The van der Waals surface area contributed by atoms with E-state index in [9.17, 15) is 14.4 Å². The molecule has 3 atom stereocenters. The molecule has 1 aliphatic carbocycles. The molecule has 3 fully saturated rings. The van der Waals surface area contributed by atoms with Crippen LogP contribution in [0.4, 0.5) is 0 Å². The van der Waals surface area contributed by atoms with Crippen LogP contribution in [0.25, 0.3) is 0 Å². The van der Waals surface area contributed by atoms with Crippen LogP contribution in [0, 0.1) is 5.92 Å². The predicted molar refractivity (Wildman–Crippen MR) is 102 cm³/mol. The summed E-state index contributed by atoms with van der Waals surface area (Å²) in [5, 5.41) is 6.61. The average Bonchev–Trinajstić information content (AvgIpc) is 3.43. The maximum atomic E-state index is 13.4. The molecule has 7 heteroatoms. The molecule has 1 saturated carbocycles. The van der Waals surface area contributed by atoms with Gasteiger partial charge >= 0.3 is 0 Å². The fourth-order valence-electron chi connectivity index (χ4n) is 4.67. The van der Waals surface area contributed by atoms with E-state index in [-0.39, 0.29) is 30.3 Å². The monoisotopic (exact) mass is 390 g/mol. The van der Waals surface area contributed by atoms with E-state index < -0.39 is 12.1 Å². The summed E-state index contributed by atoms with van der Waals surface area (Å²) in [6, 6.07) is 0.713. The fraction of sp³-hybridized carbons (Fsp3) is 0.650. The van der Waals surface area contributed by atoms with E-state index in [0.29, 0.717) is 24.4 Å². The lowest BCUT2D eigenvalue weighted by molar-refractivity contribution is -0.142. The van der Waals surface area contributed by atoms with E-state index >= 15 is 0 Å². The third-order valence-corrected chi connectivity index (χ3v) is 6.74. The first kappa shape index (κ1) is 18.6. The van der Waals surface area contributed by atoms with Crippen molar-refractivity contribution in [3.05, 3.63) is 22.4 Å². The van der Waals surface area contributed by atoms with E-state index in [0.717, 1.165) is 25.7 Å². The molecule has 1 aromatic rings. The number of likely N-dealkylation sites (tertiary alicyclic amines) is 1. The van der Waals surface area contributed by atoms with Crippen molar-refractivity contribution in [1.29, 1.82) is 0 Å². The Balaban J connectivity index is 1.52. The van der Waals surface area contributed by atoms with Gasteiger partial charge in [0.1, 0.15) is 18.7 Å². The molecule has 6 nitrogen and oxygen atoms in total. The first-order valence-corrected chi connectivity index (χ1v) is 10.9. The fourth-order valence-corrected chi connectivity index (χ4v) is 5.31. The van der Waals surface area contributed by atoms with Gasteiger partial charge in [-0.1, -0.05) is 25.7 Å². The van der Waals surface area contributed by atoms with E-state index in [1.165, 1.54) is 24.2 Å². The number of piperidine rings is 1. The summed E-state index contributed by atoms with van der Waals surface area (Å²) in [7, 11) is 0. The molecule has 1 N–H and O–H groups in total. The van der Waals surface area contributed by atoms with Crippen molar-refractivity contribution in [2.45, 2.75) is 63.1 Å². The molecular formula is C20H26N2O4S. The second-order valence-electron chi connectivity index (χ2n) is 7.86. The van der Waals surface area contributed by atoms with Gasteiger partial charge in [-0.05, 0) is 36.6 Å². The Labute approximate surface area is 163 Å². The number of carbonyl (C=O) groups excluding carboxylic acids is 3. The van der Waals surface area contributed by atoms with Crippen molar-refractivity contribution in [1.82, 2.24) is 10.2 Å². The number of ether oxygens (including phenoxy) is 1. The number of nitrogens with one attached hydrogen (secondary N) is 1. The molecule has 4 rings (SSSR count). The number of nitrogens with zero attached hydrogens (tertiary/aromatic N) is 1. The summed E-state index contributed by atoms with van der Waals surface area (Å²) in [6.07, 6.45) is 6.68. The molecule has 0 radical (unpaired) electrons. The number of carbonyl (C=O) groups is 3. The Kier molecular flexibility index (Phi) is 5.59. The predicted octanol–water partition coefficient (Wildman–Crippen LogP) is 2.39. The molecule has 0 bridgehead atoms. The first-order valence-electron chi connectivity index (χ1n) is 9.91. The minimum absolute atomic E-state index is 0.0168. The molecule has 1 aromatic heterocycles. The van der Waals surface area contributed by atoms with Crippen LogP contribution < -0.4 is 5.32 Å². The third-order valence-electron chi connectivity index (χ3n) is 6.06. The van der Waals surface area contributed by atoms with Crippen molar-refractivity contribution in [3.8, 4) is 0 Å². The van der Waals surface area contributed by atoms with E-state index in [1.54, 1.807) is 16.3 Å². The number of hydrogen-bond donors (Lipinski definition) is 1. The van der Waals surface area contributed by atoms with Gasteiger partial charge in [-0.3, -0.25) is 14.4 Å². The Morgan fingerprint density at radius 2 is 2.07 bits per heavy atom. The molecule has 0 aromatic carbocycles. The molecular weight excluding hydrogens is 364 g/mol. The number of fused-ring (bicyclic) bond motifs is 1. The van der Waals surface area contributed by atoms with Gasteiger partial charge in [-0.15, -0.1) is 0 Å². The highest BCUT2D eigenvalue weighted by atomic mass is 32.1. The largest absolute Gasteiger partial charge is 0.368 e. The second-order valence-corrected chi connectivity index (χ2v) is 8.64. The van der Waals surface area contributed by atoms with Crippen LogP contribution in [0.5, 0.6) is 0 Å². The van der Waals surface area contributed by atoms with E-state index in [4.69, 9.17) is 4.74 Å². The standard InChI is InChI=1S/C20H26N2O4S/c23-16-11-26-17-6-3-8-22(18(16)17)20(25)15(10-13-4-1-2-5-13)21-19(24)14-7-9-27-12-14/h7,9,12-13,15,17-18H,1-6,8,10-11H2,(H,21,24)/t15-,17-,18-/m0/s1. The van der Waals surface area contributed by atoms with Crippen molar-refractivity contribution in [3.63, 3.8) is 0 Å². The third kappa shape index (κ3) is 3.94. The molecule has 27 heavy (non-hydrogen) atoms. The van der Waals surface area contributed by atoms with Gasteiger partial charge in [0.25, 0.3) is 5.91 Å². The molecule has 2 saturated heterocycles. The Hall–Kier alpha value is -1.73. The SMILES string of the molecule is O=C(N[C@@H](CC1CCCC1)C(=O)N1CCC[C@@H]2OCC(=O)[C@@H]21)c1ccsc1. The summed E-state index contributed by atoms with van der Waals surface area (Å²) in [5.74, 6) is 0.101. The van der Waals surface area contributed by atoms with Gasteiger partial charge < -0.3 is 15.0 Å². The lowest BCUT2D eigenvalue weighted by atomic mass is 9.93. The van der Waals surface area contributed by atoms with Gasteiger partial charge in [0.05, 0.1) is 11.7 Å². The zero-order valence-corrected chi connectivity index (χ0v) is 16.2. The van der Waals surface area contributed by atoms with Crippen molar-refractivity contribution in [2.24, 2.45) is 5.92 Å². The summed E-state index contributed by atoms with van der Waals surface area (Å²) < 4.78 is 5.57. The topological polar surface area (TPSA) is 75.7 Å². The average molecular weight is 391 g/mol. The number of thiophene rings is 1. The highest BCUT2D eigenvalue weighted by Crippen LogP contribution is 2.31. The first-order chi connectivity index (χ1) is 13.1. The van der Waals surface area contributed by atoms with E-state index in [1.807, 2.05) is 5.38 Å². The van der Waals surface area contributed by atoms with Gasteiger partial charge in [0.2, 0.25) is 5.91 Å². The molecule has 0 unspecified atom stereocenters. The van der Waals surface area contributed by atoms with Gasteiger partial charge in [-0.25, -0.2) is 0 Å². The van der Waals surface area contributed by atoms with Crippen molar-refractivity contribution < 1.29 is 19.1 Å². The summed E-state index contributed by atoms with van der Waals surface area (Å²) in [4.78, 5) is 40.0. The van der Waals surface area contributed by atoms with Crippen LogP contribution in [0.15, 0.2) is 16.8 Å². The Bertz CT molecular complexity index is 699. The van der Waals surface area contributed by atoms with E-state index in [2.05, 4.69) is 5.32 Å². The molecule has 146 valence electrons. The number of Topliss-reactive ketones (excluding diaryl/α,β-unsaturated/α-hetero) is 1. The van der Waals surface area contributed by atoms with Crippen molar-refractivity contribution in [2.75, 3.05) is 13.2 Å². The molecule has 3 heterocycles. The Morgan fingerprint density at radius 3 is 2.81 bits per heavy atom. The number of ketones is 1. The highest BCUT2D eigenvalue weighted by Gasteiger charge is 2.46. The summed E-state index contributed by atoms with van der Waals surface area (Å²) in [5.41, 5.74) is 0.584. The van der Waals surface area contributed by atoms with Gasteiger partial charge in [0.15, 0.2) is 5.78 Å². The smallest absolute Gasteiger partial charge is 0.252 e. The number of hydrogen-bond acceptors (Lipinski definition) is 5. The minimum atomic E-state index is -0.576. The Morgan fingerprint density at radius 1 is 1.26 bits per heavy atom. The van der Waals surface area contributed by atoms with Gasteiger partial charge in [0, 0.05) is 11.9 Å². The van der Waals surface area contributed by atoms with Gasteiger partial charge in [-0.2, -0.15) is 11.3 Å². The van der Waals surface area contributed by atoms with Crippen LogP contribution in [0.2, 0.25) is 0 Å². The quantitative estimate of drug-likeness (QED) is 0.838. The molecule has 3 aliphatic rings. The lowest BCUT2D eigenvalue weighted by Gasteiger charge is -2.38. The highest BCUT2D eigenvalue weighted by molar-refractivity contribution is 7.08. The normalized spacial score (nSPS) is 26.8. The number of rotatable bonds is 5. The van der Waals surface area contributed by atoms with Crippen LogP contribution in [0.1, 0.15) is 55.3 Å². The zero-order valence-electron chi connectivity index (χ0n) is 15.4. The minimum Gasteiger partial charge on any atom is -0.368 e. The van der Waals surface area contributed by atoms with Crippen LogP contribution in [0.3, 0.4) is 0 Å². The summed E-state index contributed by atoms with van der Waals surface area (Å²) in [6.45, 7) is 0.651. The zero-order chi connectivity index (χ0) is 18.8. The van der Waals surface area contributed by atoms with Crippen LogP contribution in [-0.4, -0.2) is 53.8 Å². The molecule has 2 amide bonds. The molecule has 0 spiro atoms.